The number of aryl methyl sites for hydroxylation is 2. The Bertz CT molecular complexity index is 728. The molecule has 0 radical (unpaired) electrons. The van der Waals surface area contributed by atoms with Gasteiger partial charge in [-0.3, -0.25) is 4.79 Å². The summed E-state index contributed by atoms with van der Waals surface area (Å²) in [7, 11) is 0. The summed E-state index contributed by atoms with van der Waals surface area (Å²) >= 11 is 0. The number of hydrogen-bond donors (Lipinski definition) is 2. The van der Waals surface area contributed by atoms with Crippen LogP contribution in [0.2, 0.25) is 0 Å². The summed E-state index contributed by atoms with van der Waals surface area (Å²) in [5.74, 6) is 0.348. The van der Waals surface area contributed by atoms with E-state index in [1.54, 1.807) is 19.1 Å². The molecule has 0 aliphatic carbocycles. The van der Waals surface area contributed by atoms with Crippen molar-refractivity contribution in [1.29, 1.82) is 0 Å². The summed E-state index contributed by atoms with van der Waals surface area (Å²) in [5, 5.41) is 15.7. The van der Waals surface area contributed by atoms with Gasteiger partial charge >= 0.3 is 0 Å². The van der Waals surface area contributed by atoms with Crippen LogP contribution in [0.5, 0.6) is 0 Å². The fourth-order valence-corrected chi connectivity index (χ4v) is 2.30. The lowest BCUT2D eigenvalue weighted by Crippen LogP contribution is -2.34. The maximum absolute atomic E-state index is 13.3. The molecule has 0 unspecified atom stereocenters. The van der Waals surface area contributed by atoms with Gasteiger partial charge in [0.05, 0.1) is 0 Å². The van der Waals surface area contributed by atoms with Crippen LogP contribution in [-0.2, 0) is 11.2 Å². The van der Waals surface area contributed by atoms with E-state index in [9.17, 15) is 9.18 Å². The van der Waals surface area contributed by atoms with Gasteiger partial charge in [-0.25, -0.2) is 4.39 Å². The summed E-state index contributed by atoms with van der Waals surface area (Å²) < 4.78 is 18.5. The van der Waals surface area contributed by atoms with Crippen LogP contribution in [0.3, 0.4) is 0 Å². The third-order valence-corrected chi connectivity index (χ3v) is 4.00. The molecule has 0 saturated heterocycles. The fraction of sp³-hybridized carbons (Fsp3) is 0.500. The van der Waals surface area contributed by atoms with Crippen molar-refractivity contribution in [3.05, 3.63) is 35.5 Å². The van der Waals surface area contributed by atoms with Gasteiger partial charge in [0, 0.05) is 31.6 Å². The Morgan fingerprint density at radius 1 is 1.40 bits per heavy atom. The van der Waals surface area contributed by atoms with Crippen LogP contribution in [0.1, 0.15) is 38.1 Å². The van der Waals surface area contributed by atoms with E-state index in [-0.39, 0.29) is 30.2 Å². The molecule has 2 rings (SSSR count). The first-order valence-electron chi connectivity index (χ1n) is 8.27. The van der Waals surface area contributed by atoms with Crippen molar-refractivity contribution in [3.8, 4) is 11.4 Å². The third-order valence-electron chi connectivity index (χ3n) is 4.00. The fourth-order valence-electron chi connectivity index (χ4n) is 2.30. The van der Waals surface area contributed by atoms with Gasteiger partial charge in [0.1, 0.15) is 5.82 Å². The highest BCUT2D eigenvalue weighted by atomic mass is 19.1. The standard InChI is InChI=1S/C18H24FN3O3/c1-12-10-13(4-5-14(12)19)17-21-16(25-22-17)7-6-15(24)20-11-18(2,3)8-9-23/h4-5,10,23H,6-9,11H2,1-3H3,(H,20,24). The first-order valence-corrected chi connectivity index (χ1v) is 8.27. The van der Waals surface area contributed by atoms with Crippen molar-refractivity contribution in [2.24, 2.45) is 5.41 Å². The smallest absolute Gasteiger partial charge is 0.227 e. The van der Waals surface area contributed by atoms with E-state index in [4.69, 9.17) is 9.63 Å². The van der Waals surface area contributed by atoms with E-state index in [0.717, 1.165) is 0 Å². The van der Waals surface area contributed by atoms with Crippen molar-refractivity contribution >= 4 is 5.91 Å². The maximum Gasteiger partial charge on any atom is 0.227 e. The molecular weight excluding hydrogens is 325 g/mol. The second-order valence-corrected chi connectivity index (χ2v) is 6.89. The number of aliphatic hydroxyl groups is 1. The quantitative estimate of drug-likeness (QED) is 0.765. The largest absolute Gasteiger partial charge is 0.396 e. The van der Waals surface area contributed by atoms with E-state index in [0.29, 0.717) is 42.2 Å². The molecule has 0 aliphatic rings. The molecule has 1 aromatic carbocycles. The average molecular weight is 349 g/mol. The van der Waals surface area contributed by atoms with E-state index >= 15 is 0 Å². The van der Waals surface area contributed by atoms with Crippen molar-refractivity contribution in [2.75, 3.05) is 13.2 Å². The van der Waals surface area contributed by atoms with Crippen LogP contribution in [0.15, 0.2) is 22.7 Å². The highest BCUT2D eigenvalue weighted by Gasteiger charge is 2.18. The summed E-state index contributed by atoms with van der Waals surface area (Å²) in [6.07, 6.45) is 1.19. The number of aromatic nitrogens is 2. The van der Waals surface area contributed by atoms with Crippen molar-refractivity contribution in [2.45, 2.75) is 40.0 Å². The van der Waals surface area contributed by atoms with Crippen LogP contribution in [0.25, 0.3) is 11.4 Å². The second kappa shape index (κ2) is 8.20. The van der Waals surface area contributed by atoms with Crippen molar-refractivity contribution in [1.82, 2.24) is 15.5 Å². The van der Waals surface area contributed by atoms with Crippen LogP contribution in [-0.4, -0.2) is 34.3 Å². The SMILES string of the molecule is Cc1cc(-c2noc(CCC(=O)NCC(C)(C)CCO)n2)ccc1F. The molecule has 0 fully saturated rings. The Hall–Kier alpha value is -2.28. The highest BCUT2D eigenvalue weighted by Crippen LogP contribution is 2.20. The molecule has 7 heteroatoms. The van der Waals surface area contributed by atoms with Crippen LogP contribution >= 0.6 is 0 Å². The first kappa shape index (κ1) is 19.1. The average Bonchev–Trinajstić information content (AvgIpc) is 3.02. The number of carbonyl (C=O) groups is 1. The number of carbonyl (C=O) groups excluding carboxylic acids is 1. The highest BCUT2D eigenvalue weighted by molar-refractivity contribution is 5.76. The topological polar surface area (TPSA) is 88.2 Å². The van der Waals surface area contributed by atoms with Gasteiger partial charge in [-0.2, -0.15) is 4.98 Å². The Morgan fingerprint density at radius 2 is 2.16 bits per heavy atom. The minimum Gasteiger partial charge on any atom is -0.396 e. The Kier molecular flexibility index (Phi) is 6.25. The van der Waals surface area contributed by atoms with Gasteiger partial charge < -0.3 is 14.9 Å². The van der Waals surface area contributed by atoms with E-state index in [1.807, 2.05) is 13.8 Å². The number of nitrogens with one attached hydrogen (secondary N) is 1. The van der Waals surface area contributed by atoms with Gasteiger partial charge in [-0.15, -0.1) is 0 Å². The molecular formula is C18H24FN3O3. The molecule has 25 heavy (non-hydrogen) atoms. The molecule has 2 N–H and O–H groups in total. The molecule has 6 nitrogen and oxygen atoms in total. The summed E-state index contributed by atoms with van der Waals surface area (Å²) in [6, 6.07) is 4.61. The monoisotopic (exact) mass is 349 g/mol. The maximum atomic E-state index is 13.3. The number of halogens is 1. The van der Waals surface area contributed by atoms with Gasteiger partial charge in [-0.1, -0.05) is 19.0 Å². The van der Waals surface area contributed by atoms with E-state index in [2.05, 4.69) is 15.5 Å². The van der Waals surface area contributed by atoms with Gasteiger partial charge in [0.25, 0.3) is 0 Å². The molecule has 1 aromatic heterocycles. The van der Waals surface area contributed by atoms with Gasteiger partial charge in [0.15, 0.2) is 0 Å². The van der Waals surface area contributed by atoms with Crippen LogP contribution in [0, 0.1) is 18.2 Å². The first-order chi connectivity index (χ1) is 11.8. The predicted molar refractivity (Wildman–Crippen MR) is 91.2 cm³/mol. The normalized spacial score (nSPS) is 11.6. The molecule has 1 heterocycles. The van der Waals surface area contributed by atoms with Gasteiger partial charge in [-0.05, 0) is 42.5 Å². The third kappa shape index (κ3) is 5.63. The molecule has 2 aromatic rings. The minimum atomic E-state index is -0.284. The molecule has 0 atom stereocenters. The van der Waals surface area contributed by atoms with Crippen LogP contribution < -0.4 is 5.32 Å². The lowest BCUT2D eigenvalue weighted by atomic mass is 9.90. The zero-order valence-electron chi connectivity index (χ0n) is 14.8. The number of amides is 1. The molecule has 0 spiro atoms. The summed E-state index contributed by atoms with van der Waals surface area (Å²) in [4.78, 5) is 16.2. The molecule has 136 valence electrons. The number of aliphatic hydroxyl groups excluding tert-OH is 1. The van der Waals surface area contributed by atoms with E-state index < -0.39 is 0 Å². The summed E-state index contributed by atoms with van der Waals surface area (Å²) in [6.45, 7) is 6.23. The Labute approximate surface area is 146 Å². The zero-order chi connectivity index (χ0) is 18.4. The number of nitrogens with zero attached hydrogens (tertiary/aromatic N) is 2. The minimum absolute atomic E-state index is 0.0937. The van der Waals surface area contributed by atoms with Gasteiger partial charge in [0.2, 0.25) is 17.6 Å². The molecule has 0 aliphatic heterocycles. The van der Waals surface area contributed by atoms with E-state index in [1.165, 1.54) is 6.07 Å². The summed E-state index contributed by atoms with van der Waals surface area (Å²) in [5.41, 5.74) is 1.03. The molecule has 0 bridgehead atoms. The van der Waals surface area contributed by atoms with Crippen molar-refractivity contribution in [3.63, 3.8) is 0 Å². The lowest BCUT2D eigenvalue weighted by molar-refractivity contribution is -0.121. The predicted octanol–water partition coefficient (Wildman–Crippen LogP) is 2.64. The van der Waals surface area contributed by atoms with Crippen molar-refractivity contribution < 1.29 is 18.8 Å². The number of hydrogen-bond acceptors (Lipinski definition) is 5. The number of rotatable bonds is 8. The molecule has 1 amide bonds. The zero-order valence-corrected chi connectivity index (χ0v) is 14.8. The lowest BCUT2D eigenvalue weighted by Gasteiger charge is -2.23. The Morgan fingerprint density at radius 3 is 2.84 bits per heavy atom. The molecule has 0 saturated carbocycles. The van der Waals surface area contributed by atoms with Crippen LogP contribution in [0.4, 0.5) is 4.39 Å². The Balaban J connectivity index is 1.87. The number of benzene rings is 1. The second-order valence-electron chi connectivity index (χ2n) is 6.89.